The maximum atomic E-state index is 6.43. The molecule has 6 nitrogen and oxygen atoms in total. The number of imidazole rings is 1. The highest BCUT2D eigenvalue weighted by Gasteiger charge is 2.17. The molecule has 39 heavy (non-hydrogen) atoms. The van der Waals surface area contributed by atoms with Gasteiger partial charge < -0.3 is 18.4 Å². The first-order chi connectivity index (χ1) is 19.0. The molecular weight excluding hydrogens is 526 g/mol. The zero-order chi connectivity index (χ0) is 26.9. The number of rotatable bonds is 9. The van der Waals surface area contributed by atoms with E-state index in [1.165, 1.54) is 22.9 Å². The molecule has 198 valence electrons. The Bertz CT molecular complexity index is 1780. The summed E-state index contributed by atoms with van der Waals surface area (Å²) in [6.45, 7) is 6.86. The van der Waals surface area contributed by atoms with Crippen LogP contribution in [-0.2, 0) is 13.0 Å². The fourth-order valence-electron chi connectivity index (χ4n) is 4.95. The van der Waals surface area contributed by atoms with Crippen molar-refractivity contribution in [3.05, 3.63) is 101 Å². The number of fused-ring (bicyclic) bond motifs is 2. The van der Waals surface area contributed by atoms with Crippen LogP contribution in [0.1, 0.15) is 42.5 Å². The first-order valence-electron chi connectivity index (χ1n) is 13.2. The number of hydrogen-bond acceptors (Lipinski definition) is 5. The molecule has 0 unspecified atom stereocenters. The Morgan fingerprint density at radius 1 is 1.00 bits per heavy atom. The normalized spacial score (nSPS) is 11.6. The molecule has 0 aliphatic heterocycles. The molecular formula is C31H30ClN5OS. The number of nitrogens with zero attached hydrogens (tertiary/aromatic N) is 4. The third kappa shape index (κ3) is 4.92. The lowest BCUT2D eigenvalue weighted by atomic mass is 10.1. The smallest absolute Gasteiger partial charge is 0.182 e. The molecule has 3 aromatic carbocycles. The van der Waals surface area contributed by atoms with Gasteiger partial charge in [-0.2, -0.15) is 0 Å². The van der Waals surface area contributed by atoms with E-state index in [4.69, 9.17) is 21.1 Å². The SMILES string of the molecule is CCCCc1nc2ccc(Cl)cc2n1Cc1cn(-c2ccccc2SNc2noc(C)c2C)c2ccccc12. The minimum absolute atomic E-state index is 0.717. The van der Waals surface area contributed by atoms with Gasteiger partial charge in [0.25, 0.3) is 0 Å². The fraction of sp³-hybridized carbons (Fsp3) is 0.226. The lowest BCUT2D eigenvalue weighted by Crippen LogP contribution is -2.05. The zero-order valence-electron chi connectivity index (χ0n) is 22.2. The van der Waals surface area contributed by atoms with E-state index in [9.17, 15) is 0 Å². The van der Waals surface area contributed by atoms with E-state index in [2.05, 4.69) is 80.7 Å². The summed E-state index contributed by atoms with van der Waals surface area (Å²) in [7, 11) is 0. The minimum Gasteiger partial charge on any atom is -0.359 e. The summed E-state index contributed by atoms with van der Waals surface area (Å²) >= 11 is 7.96. The maximum Gasteiger partial charge on any atom is 0.182 e. The minimum atomic E-state index is 0.717. The van der Waals surface area contributed by atoms with E-state index < -0.39 is 0 Å². The Hall–Kier alpha value is -3.68. The van der Waals surface area contributed by atoms with Crippen molar-refractivity contribution in [2.24, 2.45) is 0 Å². The summed E-state index contributed by atoms with van der Waals surface area (Å²) in [6.07, 6.45) is 5.42. The Kier molecular flexibility index (Phi) is 7.11. The summed E-state index contributed by atoms with van der Waals surface area (Å²) in [5.74, 6) is 2.67. The Morgan fingerprint density at radius 3 is 2.64 bits per heavy atom. The largest absolute Gasteiger partial charge is 0.359 e. The molecule has 0 bridgehead atoms. The molecule has 0 fully saturated rings. The topological polar surface area (TPSA) is 60.8 Å². The van der Waals surface area contributed by atoms with E-state index in [0.29, 0.717) is 6.54 Å². The first kappa shape index (κ1) is 25.6. The van der Waals surface area contributed by atoms with Crippen LogP contribution >= 0.6 is 23.5 Å². The van der Waals surface area contributed by atoms with Gasteiger partial charge in [-0.1, -0.05) is 60.4 Å². The molecule has 0 saturated carbocycles. The average molecular weight is 556 g/mol. The number of halogens is 1. The highest BCUT2D eigenvalue weighted by molar-refractivity contribution is 8.00. The molecule has 0 amide bonds. The molecule has 1 N–H and O–H groups in total. The van der Waals surface area contributed by atoms with E-state index in [0.717, 1.165) is 74.4 Å². The quantitative estimate of drug-likeness (QED) is 0.181. The van der Waals surface area contributed by atoms with Crippen molar-refractivity contribution in [1.29, 1.82) is 0 Å². The molecule has 3 heterocycles. The number of benzene rings is 3. The lowest BCUT2D eigenvalue weighted by molar-refractivity contribution is 0.399. The lowest BCUT2D eigenvalue weighted by Gasteiger charge is -2.12. The van der Waals surface area contributed by atoms with E-state index in [-0.39, 0.29) is 0 Å². The summed E-state index contributed by atoms with van der Waals surface area (Å²) < 4.78 is 13.3. The predicted octanol–water partition coefficient (Wildman–Crippen LogP) is 8.75. The van der Waals surface area contributed by atoms with E-state index in [1.807, 2.05) is 32.0 Å². The van der Waals surface area contributed by atoms with Crippen LogP contribution in [0.5, 0.6) is 0 Å². The van der Waals surface area contributed by atoms with Crippen molar-refractivity contribution >= 4 is 51.3 Å². The van der Waals surface area contributed by atoms with Gasteiger partial charge in [0.2, 0.25) is 0 Å². The third-order valence-corrected chi connectivity index (χ3v) is 8.30. The number of nitrogens with one attached hydrogen (secondary N) is 1. The molecule has 0 atom stereocenters. The van der Waals surface area contributed by atoms with Crippen molar-refractivity contribution in [3.8, 4) is 5.69 Å². The molecule has 8 heteroatoms. The summed E-state index contributed by atoms with van der Waals surface area (Å²) in [4.78, 5) is 6.07. The van der Waals surface area contributed by atoms with Crippen LogP contribution in [-0.4, -0.2) is 19.3 Å². The van der Waals surface area contributed by atoms with Crippen LogP contribution in [0.25, 0.3) is 27.6 Å². The summed E-state index contributed by atoms with van der Waals surface area (Å²) in [5, 5.41) is 6.10. The molecule has 6 rings (SSSR count). The monoisotopic (exact) mass is 555 g/mol. The second-order valence-electron chi connectivity index (χ2n) is 9.78. The van der Waals surface area contributed by atoms with Gasteiger partial charge in [-0.3, -0.25) is 0 Å². The Morgan fingerprint density at radius 2 is 1.82 bits per heavy atom. The van der Waals surface area contributed by atoms with Crippen LogP contribution < -0.4 is 4.72 Å². The number of anilines is 1. The maximum absolute atomic E-state index is 6.43. The van der Waals surface area contributed by atoms with Gasteiger partial charge in [-0.25, -0.2) is 4.98 Å². The first-order valence-corrected chi connectivity index (χ1v) is 14.4. The zero-order valence-corrected chi connectivity index (χ0v) is 23.8. The van der Waals surface area contributed by atoms with E-state index in [1.54, 1.807) is 0 Å². The Labute approximate surface area is 237 Å². The van der Waals surface area contributed by atoms with Crippen molar-refractivity contribution in [3.63, 3.8) is 0 Å². The van der Waals surface area contributed by atoms with Gasteiger partial charge >= 0.3 is 0 Å². The molecule has 0 aliphatic carbocycles. The molecule has 6 aromatic rings. The second-order valence-corrected chi connectivity index (χ2v) is 11.1. The standard InChI is InChI=1S/C31H30ClN5OS/c1-4-5-14-30-33-25-16-15-23(32)17-28(25)37(30)19-22-18-36(26-11-7-6-10-24(22)26)27-12-8-9-13-29(27)39-35-31-20(2)21(3)38-34-31/h6-13,15-18H,4-5,14,19H2,1-3H3,(H,34,35). The average Bonchev–Trinajstić information content (AvgIpc) is 3.60. The molecule has 0 saturated heterocycles. The van der Waals surface area contributed by atoms with E-state index >= 15 is 0 Å². The van der Waals surface area contributed by atoms with Crippen LogP contribution in [0.3, 0.4) is 0 Å². The molecule has 0 spiro atoms. The fourth-order valence-corrected chi connectivity index (χ4v) is 5.93. The summed E-state index contributed by atoms with van der Waals surface area (Å²) in [5.41, 5.74) is 6.56. The Balaban J connectivity index is 1.42. The van der Waals surface area contributed by atoms with Crippen molar-refractivity contribution < 1.29 is 4.52 Å². The highest BCUT2D eigenvalue weighted by Crippen LogP contribution is 2.33. The third-order valence-electron chi connectivity index (χ3n) is 7.21. The van der Waals surface area contributed by atoms with Crippen LogP contribution in [0, 0.1) is 13.8 Å². The predicted molar refractivity (Wildman–Crippen MR) is 161 cm³/mol. The number of unbranched alkanes of at least 4 members (excludes halogenated alkanes) is 1. The van der Waals surface area contributed by atoms with Gasteiger partial charge in [0.05, 0.1) is 33.7 Å². The highest BCUT2D eigenvalue weighted by atomic mass is 35.5. The molecule has 3 aromatic heterocycles. The van der Waals surface area contributed by atoms with Gasteiger partial charge in [-0.15, -0.1) is 0 Å². The second kappa shape index (κ2) is 10.8. The van der Waals surface area contributed by atoms with Gasteiger partial charge in [0.1, 0.15) is 11.6 Å². The molecule has 0 aliphatic rings. The number of aryl methyl sites for hydroxylation is 2. The van der Waals surface area contributed by atoms with Crippen molar-refractivity contribution in [2.45, 2.75) is 51.5 Å². The van der Waals surface area contributed by atoms with Crippen LogP contribution in [0.15, 0.2) is 82.3 Å². The number of hydrogen-bond donors (Lipinski definition) is 1. The van der Waals surface area contributed by atoms with Gasteiger partial charge in [0.15, 0.2) is 5.82 Å². The number of aromatic nitrogens is 4. The van der Waals surface area contributed by atoms with Gasteiger partial charge in [0, 0.05) is 28.6 Å². The summed E-state index contributed by atoms with van der Waals surface area (Å²) in [6, 6.07) is 23.0. The van der Waals surface area contributed by atoms with Crippen molar-refractivity contribution in [1.82, 2.24) is 19.3 Å². The molecule has 0 radical (unpaired) electrons. The van der Waals surface area contributed by atoms with Crippen LogP contribution in [0.2, 0.25) is 5.02 Å². The van der Waals surface area contributed by atoms with Crippen LogP contribution in [0.4, 0.5) is 5.82 Å². The van der Waals surface area contributed by atoms with Gasteiger partial charge in [-0.05, 0) is 74.2 Å². The van der Waals surface area contributed by atoms with Crippen molar-refractivity contribution in [2.75, 3.05) is 4.72 Å². The number of para-hydroxylation sites is 2.